The number of aliphatic hydroxyl groups is 1. The van der Waals surface area contributed by atoms with Gasteiger partial charge in [0.05, 0.1) is 26.3 Å². The number of para-hydroxylation sites is 3. The van der Waals surface area contributed by atoms with Gasteiger partial charge in [-0.3, -0.25) is 0 Å². The van der Waals surface area contributed by atoms with Gasteiger partial charge in [-0.25, -0.2) is 4.79 Å². The number of fused-ring (bicyclic) bond motifs is 3. The molecule has 2 atom stereocenters. The first-order chi connectivity index (χ1) is 25.3. The minimum atomic E-state index is -1.23. The molecule has 4 aromatic carbocycles. The first-order valence-electron chi connectivity index (χ1n) is 16.6. The second kappa shape index (κ2) is 18.8. The number of aromatic amines is 1. The summed E-state index contributed by atoms with van der Waals surface area (Å²) in [4.78, 5) is 31.0. The molecule has 0 amide bonds. The molecule has 5 aromatic rings. The van der Waals surface area contributed by atoms with Crippen LogP contribution in [0.15, 0.2) is 91.0 Å². The molecule has 14 heteroatoms. The second-order valence-corrected chi connectivity index (χ2v) is 11.4. The zero-order chi connectivity index (χ0) is 36.7. The van der Waals surface area contributed by atoms with Gasteiger partial charge in [-0.05, 0) is 60.5 Å². The largest absolute Gasteiger partial charge is 0.493 e. The van der Waals surface area contributed by atoms with E-state index in [-0.39, 0.29) is 31.8 Å². The number of methoxy groups -OCH3 is 2. The molecule has 0 saturated carbocycles. The summed E-state index contributed by atoms with van der Waals surface area (Å²) in [6.07, 6.45) is 1.30. The Hall–Kier alpha value is -5.99. The number of benzene rings is 4. The van der Waals surface area contributed by atoms with Gasteiger partial charge in [0.15, 0.2) is 29.3 Å². The van der Waals surface area contributed by atoms with Gasteiger partial charge >= 0.3 is 5.97 Å². The van der Waals surface area contributed by atoms with Gasteiger partial charge in [-0.15, -0.1) is 10.1 Å². The standard InChI is InChI=1S/C38H41N3O11/c1-46-31-12-5-6-13-32(31)48-22-20-39-24-27(25-49-34-14-7-11-30-38(34)28-9-3-4-10-29(28)40-30)51-37(43)19-17-26-16-18-33(35(23-26)47-2)52-36(42)15-8-21-50-41(44)45/h3-7,9-14,16-19,23,27,36,39-40,42H,8,15,20-22,24-25H2,1-2H3/b19-17+. The Bertz CT molecular complexity index is 1960. The first kappa shape index (κ1) is 37.3. The van der Waals surface area contributed by atoms with Crippen LogP contribution in [0.3, 0.4) is 0 Å². The van der Waals surface area contributed by atoms with Crippen molar-refractivity contribution < 1.29 is 48.2 Å². The Balaban J connectivity index is 1.21. The molecule has 1 heterocycles. The average Bonchev–Trinajstić information content (AvgIpc) is 3.54. The van der Waals surface area contributed by atoms with E-state index in [4.69, 9.17) is 28.4 Å². The van der Waals surface area contributed by atoms with E-state index >= 15 is 0 Å². The Morgan fingerprint density at radius 2 is 1.63 bits per heavy atom. The fourth-order valence-electron chi connectivity index (χ4n) is 5.40. The highest BCUT2D eigenvalue weighted by atomic mass is 16.9. The molecule has 2 unspecified atom stereocenters. The van der Waals surface area contributed by atoms with Crippen molar-refractivity contribution in [3.05, 3.63) is 107 Å². The average molecular weight is 716 g/mol. The molecule has 0 bridgehead atoms. The lowest BCUT2D eigenvalue weighted by Gasteiger charge is -2.19. The third-order valence-corrected chi connectivity index (χ3v) is 7.83. The highest BCUT2D eigenvalue weighted by Gasteiger charge is 2.17. The molecule has 0 radical (unpaired) electrons. The molecular formula is C38H41N3O11. The van der Waals surface area contributed by atoms with Crippen LogP contribution in [0.2, 0.25) is 0 Å². The first-order valence-corrected chi connectivity index (χ1v) is 16.6. The van der Waals surface area contributed by atoms with Crippen LogP contribution in [-0.4, -0.2) is 80.7 Å². The molecule has 0 saturated heterocycles. The molecular weight excluding hydrogens is 674 g/mol. The number of ether oxygens (including phenoxy) is 6. The van der Waals surface area contributed by atoms with Crippen LogP contribution in [0.4, 0.5) is 0 Å². The normalized spacial score (nSPS) is 12.4. The van der Waals surface area contributed by atoms with Crippen molar-refractivity contribution in [2.24, 2.45) is 0 Å². The lowest BCUT2D eigenvalue weighted by molar-refractivity contribution is -0.757. The number of rotatable bonds is 21. The van der Waals surface area contributed by atoms with Gasteiger partial charge in [0.1, 0.15) is 25.1 Å². The maximum absolute atomic E-state index is 13.1. The minimum Gasteiger partial charge on any atom is -0.493 e. The third-order valence-electron chi connectivity index (χ3n) is 7.83. The smallest absolute Gasteiger partial charge is 0.331 e. The molecule has 0 spiro atoms. The molecule has 3 N–H and O–H groups in total. The Labute approximate surface area is 299 Å². The summed E-state index contributed by atoms with van der Waals surface area (Å²) in [5, 5.41) is 24.8. The van der Waals surface area contributed by atoms with Crippen molar-refractivity contribution in [2.45, 2.75) is 25.2 Å². The van der Waals surface area contributed by atoms with Gasteiger partial charge in [0.2, 0.25) is 0 Å². The summed E-state index contributed by atoms with van der Waals surface area (Å²) in [5.74, 6) is 1.91. The van der Waals surface area contributed by atoms with E-state index in [0.717, 1.165) is 21.8 Å². The predicted molar refractivity (Wildman–Crippen MR) is 193 cm³/mol. The van der Waals surface area contributed by atoms with Crippen molar-refractivity contribution >= 4 is 33.9 Å². The van der Waals surface area contributed by atoms with Crippen molar-refractivity contribution in [2.75, 3.05) is 47.1 Å². The van der Waals surface area contributed by atoms with E-state index < -0.39 is 23.4 Å². The zero-order valence-electron chi connectivity index (χ0n) is 28.8. The Morgan fingerprint density at radius 3 is 2.44 bits per heavy atom. The van der Waals surface area contributed by atoms with Crippen molar-refractivity contribution in [3.8, 4) is 28.7 Å². The van der Waals surface area contributed by atoms with Gasteiger partial charge in [0, 0.05) is 41.9 Å². The van der Waals surface area contributed by atoms with Crippen LogP contribution in [0.1, 0.15) is 18.4 Å². The number of nitrogens with zero attached hydrogens (tertiary/aromatic N) is 1. The second-order valence-electron chi connectivity index (χ2n) is 11.4. The summed E-state index contributed by atoms with van der Waals surface area (Å²) in [6.45, 7) is 1.03. The molecule has 274 valence electrons. The van der Waals surface area contributed by atoms with Crippen molar-refractivity contribution in [3.63, 3.8) is 0 Å². The number of H-pyrrole nitrogens is 1. The number of hydrogen-bond donors (Lipinski definition) is 3. The number of aliphatic hydroxyl groups excluding tert-OH is 1. The lowest BCUT2D eigenvalue weighted by atomic mass is 10.1. The lowest BCUT2D eigenvalue weighted by Crippen LogP contribution is -2.37. The van der Waals surface area contributed by atoms with Crippen LogP contribution in [0.5, 0.6) is 28.7 Å². The third kappa shape index (κ3) is 10.5. The van der Waals surface area contributed by atoms with Crippen LogP contribution in [0, 0.1) is 10.1 Å². The van der Waals surface area contributed by atoms with E-state index in [1.54, 1.807) is 31.4 Å². The number of esters is 1. The quantitative estimate of drug-likeness (QED) is 0.0212. The minimum absolute atomic E-state index is 0.0823. The topological polar surface area (TPSA) is 173 Å². The maximum Gasteiger partial charge on any atom is 0.331 e. The monoisotopic (exact) mass is 715 g/mol. The Kier molecular flexibility index (Phi) is 13.5. The number of carbonyl (C=O) groups excluding carboxylic acids is 1. The van der Waals surface area contributed by atoms with Crippen LogP contribution in [0.25, 0.3) is 27.9 Å². The van der Waals surface area contributed by atoms with E-state index in [1.807, 2.05) is 66.7 Å². The molecule has 0 aliphatic rings. The van der Waals surface area contributed by atoms with Gasteiger partial charge in [0.25, 0.3) is 5.09 Å². The fourth-order valence-corrected chi connectivity index (χ4v) is 5.40. The van der Waals surface area contributed by atoms with E-state index in [2.05, 4.69) is 15.1 Å². The summed E-state index contributed by atoms with van der Waals surface area (Å²) < 4.78 is 34.3. The highest BCUT2D eigenvalue weighted by Crippen LogP contribution is 2.33. The summed E-state index contributed by atoms with van der Waals surface area (Å²) >= 11 is 0. The van der Waals surface area contributed by atoms with Gasteiger partial charge < -0.3 is 48.7 Å². The molecule has 0 aliphatic carbocycles. The zero-order valence-corrected chi connectivity index (χ0v) is 28.8. The molecule has 0 fully saturated rings. The molecule has 0 aliphatic heterocycles. The molecule has 14 nitrogen and oxygen atoms in total. The predicted octanol–water partition coefficient (Wildman–Crippen LogP) is 5.70. The number of hydrogen-bond acceptors (Lipinski definition) is 12. The molecule has 1 aromatic heterocycles. The van der Waals surface area contributed by atoms with Crippen LogP contribution in [-0.2, 0) is 14.4 Å². The van der Waals surface area contributed by atoms with E-state index in [1.165, 1.54) is 13.2 Å². The number of nitrogens with one attached hydrogen (secondary N) is 2. The summed E-state index contributed by atoms with van der Waals surface area (Å²) in [6, 6.07) is 26.0. The van der Waals surface area contributed by atoms with E-state index in [0.29, 0.717) is 48.3 Å². The van der Waals surface area contributed by atoms with Crippen molar-refractivity contribution in [1.82, 2.24) is 10.3 Å². The van der Waals surface area contributed by atoms with Crippen molar-refractivity contribution in [1.29, 1.82) is 0 Å². The molecule has 5 rings (SSSR count). The van der Waals surface area contributed by atoms with Gasteiger partial charge in [-0.1, -0.05) is 42.5 Å². The summed E-state index contributed by atoms with van der Waals surface area (Å²) in [7, 11) is 3.03. The van der Waals surface area contributed by atoms with Gasteiger partial charge in [-0.2, -0.15) is 0 Å². The highest BCUT2D eigenvalue weighted by molar-refractivity contribution is 6.10. The van der Waals surface area contributed by atoms with Crippen LogP contribution < -0.4 is 29.0 Å². The SMILES string of the molecule is COc1ccccc1OCCNCC(COc1cccc2[nH]c3ccccc3c12)OC(=O)/C=C/c1ccc(OC(O)CCCO[N+](=O)[O-])c(OC)c1. The number of carbonyl (C=O) groups is 1. The summed E-state index contributed by atoms with van der Waals surface area (Å²) in [5.41, 5.74) is 2.54. The molecule has 52 heavy (non-hydrogen) atoms. The number of aromatic nitrogens is 1. The Morgan fingerprint density at radius 1 is 0.885 bits per heavy atom. The van der Waals surface area contributed by atoms with E-state index in [9.17, 15) is 20.0 Å². The fraction of sp³-hybridized carbons (Fsp3) is 0.289. The van der Waals surface area contributed by atoms with Crippen LogP contribution >= 0.6 is 0 Å². The maximum atomic E-state index is 13.1.